The Morgan fingerprint density at radius 1 is 1.03 bits per heavy atom. The van der Waals surface area contributed by atoms with Gasteiger partial charge in [-0.2, -0.15) is 0 Å². The van der Waals surface area contributed by atoms with Gasteiger partial charge in [0.15, 0.2) is 11.5 Å². The molecular weight excluding hydrogens is 420 g/mol. The highest BCUT2D eigenvalue weighted by atomic mass is 16.5. The maximum atomic E-state index is 12.7. The molecule has 0 aliphatic rings. The second-order valence-corrected chi connectivity index (χ2v) is 7.25. The molecule has 0 unspecified atom stereocenters. The summed E-state index contributed by atoms with van der Waals surface area (Å²) in [5, 5.41) is 6.79. The van der Waals surface area contributed by atoms with Crippen molar-refractivity contribution in [1.29, 1.82) is 0 Å². The van der Waals surface area contributed by atoms with Gasteiger partial charge in [0, 0.05) is 35.8 Å². The molecule has 0 aliphatic carbocycles. The lowest BCUT2D eigenvalue weighted by Crippen LogP contribution is -2.11. The van der Waals surface area contributed by atoms with Crippen LogP contribution in [0.15, 0.2) is 89.7 Å². The van der Waals surface area contributed by atoms with Gasteiger partial charge in [0.05, 0.1) is 12.8 Å². The van der Waals surface area contributed by atoms with Crippen LogP contribution in [0.1, 0.15) is 16.2 Å². The van der Waals surface area contributed by atoms with Gasteiger partial charge in [0.25, 0.3) is 5.91 Å². The second-order valence-electron chi connectivity index (χ2n) is 7.25. The van der Waals surface area contributed by atoms with E-state index in [0.29, 0.717) is 22.9 Å². The number of methoxy groups -OCH3 is 1. The van der Waals surface area contributed by atoms with E-state index in [0.717, 1.165) is 16.9 Å². The Morgan fingerprint density at radius 2 is 1.88 bits per heavy atom. The van der Waals surface area contributed by atoms with Crippen LogP contribution >= 0.6 is 0 Å². The summed E-state index contributed by atoms with van der Waals surface area (Å²) in [4.78, 5) is 17.2. The molecule has 3 aromatic heterocycles. The lowest BCUT2D eigenvalue weighted by molar-refractivity contribution is 0.0988. The summed E-state index contributed by atoms with van der Waals surface area (Å²) in [6.45, 7) is 0.248. The molecule has 0 saturated carbocycles. The molecule has 8 nitrogen and oxygen atoms in total. The zero-order valence-electron chi connectivity index (χ0n) is 17.8. The summed E-state index contributed by atoms with van der Waals surface area (Å²) in [6.07, 6.45) is 3.83. The highest BCUT2D eigenvalue weighted by molar-refractivity contribution is 6.02. The summed E-state index contributed by atoms with van der Waals surface area (Å²) >= 11 is 0. The van der Waals surface area contributed by atoms with Crippen LogP contribution in [0.5, 0.6) is 11.5 Å². The molecule has 5 aromatic rings. The maximum absolute atomic E-state index is 12.7. The van der Waals surface area contributed by atoms with Crippen molar-refractivity contribution in [2.24, 2.45) is 0 Å². The quantitative estimate of drug-likeness (QED) is 0.390. The molecule has 164 valence electrons. The fourth-order valence-corrected chi connectivity index (χ4v) is 3.40. The summed E-state index contributed by atoms with van der Waals surface area (Å²) in [6, 6.07) is 22.0. The molecular formula is C25H20N4O4. The molecule has 2 aromatic carbocycles. The standard InChI is InChI=1S/C25H20N4O4/c1-31-21-11-10-18(13-22(21)32-16-19-15-29-12-6-5-9-24(29)26-19)27-25(30)23-14-20(28-33-23)17-7-3-2-4-8-17/h2-15H,16H2,1H3,(H,27,30). The van der Waals surface area contributed by atoms with Gasteiger partial charge in [-0.3, -0.25) is 4.79 Å². The van der Waals surface area contributed by atoms with Crippen LogP contribution in [-0.4, -0.2) is 27.6 Å². The Bertz CT molecular complexity index is 1380. The number of nitrogens with zero attached hydrogens (tertiary/aromatic N) is 3. The number of anilines is 1. The molecule has 8 heteroatoms. The van der Waals surface area contributed by atoms with Gasteiger partial charge < -0.3 is 23.7 Å². The number of rotatable bonds is 7. The van der Waals surface area contributed by atoms with Crippen molar-refractivity contribution in [3.8, 4) is 22.8 Å². The van der Waals surface area contributed by atoms with Crippen molar-refractivity contribution in [2.75, 3.05) is 12.4 Å². The first kappa shape index (κ1) is 20.3. The predicted molar refractivity (Wildman–Crippen MR) is 122 cm³/mol. The lowest BCUT2D eigenvalue weighted by atomic mass is 10.1. The summed E-state index contributed by atoms with van der Waals surface area (Å²) in [5.41, 5.74) is 3.60. The molecule has 1 amide bonds. The van der Waals surface area contributed by atoms with E-state index < -0.39 is 5.91 Å². The van der Waals surface area contributed by atoms with Crippen molar-refractivity contribution in [3.05, 3.63) is 96.6 Å². The highest BCUT2D eigenvalue weighted by Crippen LogP contribution is 2.31. The molecule has 0 spiro atoms. The minimum atomic E-state index is -0.416. The average Bonchev–Trinajstić information content (AvgIpc) is 3.51. The van der Waals surface area contributed by atoms with Gasteiger partial charge in [0.2, 0.25) is 5.76 Å². The fraction of sp³-hybridized carbons (Fsp3) is 0.0800. The molecule has 0 saturated heterocycles. The summed E-state index contributed by atoms with van der Waals surface area (Å²) < 4.78 is 18.5. The number of amides is 1. The second kappa shape index (κ2) is 8.88. The number of pyridine rings is 1. The fourth-order valence-electron chi connectivity index (χ4n) is 3.40. The molecule has 0 bridgehead atoms. The van der Waals surface area contributed by atoms with E-state index in [9.17, 15) is 4.79 Å². The first-order valence-corrected chi connectivity index (χ1v) is 10.3. The monoisotopic (exact) mass is 440 g/mol. The molecule has 0 fully saturated rings. The maximum Gasteiger partial charge on any atom is 0.294 e. The Balaban J connectivity index is 1.30. The van der Waals surface area contributed by atoms with Crippen LogP contribution in [-0.2, 0) is 6.61 Å². The topological polar surface area (TPSA) is 90.9 Å². The van der Waals surface area contributed by atoms with Crippen LogP contribution < -0.4 is 14.8 Å². The predicted octanol–water partition coefficient (Wildman–Crippen LogP) is 4.83. The molecule has 0 atom stereocenters. The highest BCUT2D eigenvalue weighted by Gasteiger charge is 2.16. The third-order valence-electron chi connectivity index (χ3n) is 5.01. The van der Waals surface area contributed by atoms with Crippen molar-refractivity contribution in [1.82, 2.24) is 14.5 Å². The average molecular weight is 440 g/mol. The van der Waals surface area contributed by atoms with Crippen molar-refractivity contribution in [3.63, 3.8) is 0 Å². The number of aromatic nitrogens is 3. The van der Waals surface area contributed by atoms with E-state index in [1.165, 1.54) is 0 Å². The Morgan fingerprint density at radius 3 is 2.70 bits per heavy atom. The molecule has 1 N–H and O–H groups in total. The Kier molecular flexibility index (Phi) is 5.47. The number of fused-ring (bicyclic) bond motifs is 1. The van der Waals surface area contributed by atoms with Crippen LogP contribution in [0.25, 0.3) is 16.9 Å². The van der Waals surface area contributed by atoms with E-state index in [4.69, 9.17) is 14.0 Å². The molecule has 5 rings (SSSR count). The smallest absolute Gasteiger partial charge is 0.294 e. The van der Waals surface area contributed by atoms with Gasteiger partial charge in [-0.15, -0.1) is 0 Å². The van der Waals surface area contributed by atoms with E-state index >= 15 is 0 Å². The van der Waals surface area contributed by atoms with Crippen molar-refractivity contribution in [2.45, 2.75) is 6.61 Å². The first-order chi connectivity index (χ1) is 16.2. The number of carbonyl (C=O) groups excluding carboxylic acids is 1. The van der Waals surface area contributed by atoms with Gasteiger partial charge >= 0.3 is 0 Å². The minimum Gasteiger partial charge on any atom is -0.493 e. The van der Waals surface area contributed by atoms with E-state index in [-0.39, 0.29) is 12.4 Å². The zero-order valence-corrected chi connectivity index (χ0v) is 17.8. The normalized spacial score (nSPS) is 10.8. The lowest BCUT2D eigenvalue weighted by Gasteiger charge is -2.12. The van der Waals surface area contributed by atoms with Crippen LogP contribution in [0.3, 0.4) is 0 Å². The summed E-state index contributed by atoms with van der Waals surface area (Å²) in [5.74, 6) is 0.718. The number of hydrogen-bond acceptors (Lipinski definition) is 6. The molecule has 3 heterocycles. The zero-order chi connectivity index (χ0) is 22.6. The number of nitrogens with one attached hydrogen (secondary N) is 1. The summed E-state index contributed by atoms with van der Waals surface area (Å²) in [7, 11) is 1.56. The number of imidazole rings is 1. The molecule has 0 aliphatic heterocycles. The Hall–Kier alpha value is -4.59. The van der Waals surface area contributed by atoms with Crippen LogP contribution in [0.2, 0.25) is 0 Å². The molecule has 33 heavy (non-hydrogen) atoms. The third-order valence-corrected chi connectivity index (χ3v) is 5.01. The van der Waals surface area contributed by atoms with E-state index in [2.05, 4.69) is 15.5 Å². The number of carbonyl (C=O) groups is 1. The van der Waals surface area contributed by atoms with Crippen molar-refractivity contribution >= 4 is 17.2 Å². The number of ether oxygens (including phenoxy) is 2. The van der Waals surface area contributed by atoms with Gasteiger partial charge in [-0.05, 0) is 24.3 Å². The third kappa shape index (κ3) is 4.40. The SMILES string of the molecule is COc1ccc(NC(=O)c2cc(-c3ccccc3)no2)cc1OCc1cn2ccccc2n1. The number of benzene rings is 2. The Labute approximate surface area is 189 Å². The van der Waals surface area contributed by atoms with E-state index in [1.807, 2.05) is 65.3 Å². The van der Waals surface area contributed by atoms with Gasteiger partial charge in [0.1, 0.15) is 17.9 Å². The van der Waals surface area contributed by atoms with E-state index in [1.54, 1.807) is 31.4 Å². The molecule has 0 radical (unpaired) electrons. The van der Waals surface area contributed by atoms with Crippen molar-refractivity contribution < 1.29 is 18.8 Å². The van der Waals surface area contributed by atoms with Crippen LogP contribution in [0.4, 0.5) is 5.69 Å². The number of hydrogen-bond donors (Lipinski definition) is 1. The minimum absolute atomic E-state index is 0.108. The van der Waals surface area contributed by atoms with Gasteiger partial charge in [-0.25, -0.2) is 4.98 Å². The largest absolute Gasteiger partial charge is 0.493 e. The van der Waals surface area contributed by atoms with Crippen LogP contribution in [0, 0.1) is 0 Å². The van der Waals surface area contributed by atoms with Gasteiger partial charge in [-0.1, -0.05) is 41.6 Å². The first-order valence-electron chi connectivity index (χ1n) is 10.3.